The number of carbonyl (C=O) groups is 1. The van der Waals surface area contributed by atoms with Crippen LogP contribution in [0.4, 0.5) is 0 Å². The highest BCUT2D eigenvalue weighted by molar-refractivity contribution is 5.80. The summed E-state index contributed by atoms with van der Waals surface area (Å²) in [4.78, 5) is 11.2. The lowest BCUT2D eigenvalue weighted by Crippen LogP contribution is -2.38. The molecule has 0 aliphatic rings. The smallest absolute Gasteiger partial charge is 0.236 e. The van der Waals surface area contributed by atoms with Gasteiger partial charge in [0.1, 0.15) is 0 Å². The van der Waals surface area contributed by atoms with E-state index in [-0.39, 0.29) is 5.91 Å². The van der Waals surface area contributed by atoms with Crippen molar-refractivity contribution in [3.8, 4) is 0 Å². The Balaban J connectivity index is 2.29. The molecule has 0 unspecified atom stereocenters. The van der Waals surface area contributed by atoms with Crippen molar-refractivity contribution in [2.45, 2.75) is 45.6 Å². The van der Waals surface area contributed by atoms with Crippen LogP contribution in [0.1, 0.15) is 44.2 Å². The van der Waals surface area contributed by atoms with Crippen molar-refractivity contribution in [1.29, 1.82) is 0 Å². The second-order valence-electron chi connectivity index (χ2n) is 5.08. The molecule has 100 valence electrons. The number of hydrogen-bond donors (Lipinski definition) is 2. The summed E-state index contributed by atoms with van der Waals surface area (Å²) in [5.41, 5.74) is 8.14. The fraction of sp³-hybridized carbons (Fsp3) is 0.533. The Labute approximate surface area is 110 Å². The molecule has 1 aromatic rings. The minimum absolute atomic E-state index is 0.0786. The van der Waals surface area contributed by atoms with Gasteiger partial charge in [0.25, 0.3) is 0 Å². The summed E-state index contributed by atoms with van der Waals surface area (Å²) in [5.74, 6) is 0.495. The zero-order chi connectivity index (χ0) is 13.5. The van der Waals surface area contributed by atoms with Crippen molar-refractivity contribution < 1.29 is 4.79 Å². The van der Waals surface area contributed by atoms with Crippen molar-refractivity contribution in [1.82, 2.24) is 5.32 Å². The number of nitrogens with one attached hydrogen (secondary N) is 1. The number of aryl methyl sites for hydroxylation is 1. The minimum atomic E-state index is -0.421. The lowest BCUT2D eigenvalue weighted by atomic mass is 10.0. The van der Waals surface area contributed by atoms with Crippen molar-refractivity contribution in [2.24, 2.45) is 5.73 Å². The van der Waals surface area contributed by atoms with E-state index in [4.69, 9.17) is 5.73 Å². The molecule has 0 saturated carbocycles. The van der Waals surface area contributed by atoms with Crippen LogP contribution in [-0.4, -0.2) is 18.5 Å². The third-order valence-corrected chi connectivity index (χ3v) is 3.00. The van der Waals surface area contributed by atoms with Gasteiger partial charge in [0, 0.05) is 6.54 Å². The molecule has 0 aliphatic carbocycles. The normalized spacial score (nSPS) is 12.5. The Hall–Kier alpha value is -1.35. The first-order valence-electron chi connectivity index (χ1n) is 6.63. The number of hydrogen-bond acceptors (Lipinski definition) is 2. The van der Waals surface area contributed by atoms with Crippen LogP contribution in [0.25, 0.3) is 0 Å². The molecule has 18 heavy (non-hydrogen) atoms. The van der Waals surface area contributed by atoms with Crippen LogP contribution >= 0.6 is 0 Å². The van der Waals surface area contributed by atoms with Crippen LogP contribution < -0.4 is 11.1 Å². The van der Waals surface area contributed by atoms with E-state index in [1.54, 1.807) is 6.92 Å². The molecule has 3 heteroatoms. The summed E-state index contributed by atoms with van der Waals surface area (Å²) >= 11 is 0. The highest BCUT2D eigenvalue weighted by atomic mass is 16.2. The van der Waals surface area contributed by atoms with Gasteiger partial charge in [-0.25, -0.2) is 0 Å². The third-order valence-electron chi connectivity index (χ3n) is 3.00. The fourth-order valence-electron chi connectivity index (χ4n) is 1.73. The van der Waals surface area contributed by atoms with Crippen molar-refractivity contribution >= 4 is 5.91 Å². The summed E-state index contributed by atoms with van der Waals surface area (Å²) in [6.07, 6.45) is 1.93. The molecular weight excluding hydrogens is 224 g/mol. The molecule has 1 atom stereocenters. The Morgan fingerprint density at radius 1 is 1.22 bits per heavy atom. The maximum Gasteiger partial charge on any atom is 0.236 e. The van der Waals surface area contributed by atoms with E-state index in [0.717, 1.165) is 12.8 Å². The quantitative estimate of drug-likeness (QED) is 0.758. The molecule has 0 aliphatic heterocycles. The summed E-state index contributed by atoms with van der Waals surface area (Å²) < 4.78 is 0. The van der Waals surface area contributed by atoms with E-state index < -0.39 is 6.04 Å². The molecule has 0 heterocycles. The second-order valence-corrected chi connectivity index (χ2v) is 5.08. The van der Waals surface area contributed by atoms with Crippen LogP contribution in [0.5, 0.6) is 0 Å². The molecule has 0 aromatic heterocycles. The van der Waals surface area contributed by atoms with Crippen molar-refractivity contribution in [3.05, 3.63) is 35.4 Å². The Kier molecular flexibility index (Phi) is 5.86. The van der Waals surface area contributed by atoms with Gasteiger partial charge in [0.05, 0.1) is 6.04 Å². The molecule has 0 bridgehead atoms. The van der Waals surface area contributed by atoms with Gasteiger partial charge >= 0.3 is 0 Å². The molecule has 0 saturated heterocycles. The topological polar surface area (TPSA) is 55.1 Å². The maximum atomic E-state index is 11.2. The van der Waals surface area contributed by atoms with E-state index in [0.29, 0.717) is 12.5 Å². The Morgan fingerprint density at radius 3 is 2.33 bits per heavy atom. The minimum Gasteiger partial charge on any atom is -0.355 e. The van der Waals surface area contributed by atoms with Crippen molar-refractivity contribution in [2.75, 3.05) is 6.54 Å². The first-order valence-corrected chi connectivity index (χ1v) is 6.63. The van der Waals surface area contributed by atoms with Crippen LogP contribution in [-0.2, 0) is 11.2 Å². The number of amides is 1. The number of nitrogens with two attached hydrogens (primary N) is 1. The average molecular weight is 248 g/mol. The van der Waals surface area contributed by atoms with Crippen LogP contribution in [0.15, 0.2) is 24.3 Å². The van der Waals surface area contributed by atoms with E-state index >= 15 is 0 Å². The Morgan fingerprint density at radius 2 is 1.83 bits per heavy atom. The molecule has 1 amide bonds. The van der Waals surface area contributed by atoms with Gasteiger partial charge in [-0.05, 0) is 36.8 Å². The number of carbonyl (C=O) groups excluding carboxylic acids is 1. The van der Waals surface area contributed by atoms with Gasteiger partial charge < -0.3 is 11.1 Å². The molecule has 3 N–H and O–H groups in total. The molecule has 0 radical (unpaired) electrons. The standard InChI is InChI=1S/C15H24N2O/c1-11(2)14-8-6-13(7-9-14)5-4-10-17-15(18)12(3)16/h6-9,11-12H,4-5,10,16H2,1-3H3,(H,17,18)/t12-/m0/s1. The van der Waals surface area contributed by atoms with Crippen LogP contribution in [0.3, 0.4) is 0 Å². The van der Waals surface area contributed by atoms with E-state index in [9.17, 15) is 4.79 Å². The molecule has 1 aromatic carbocycles. The summed E-state index contributed by atoms with van der Waals surface area (Å²) in [7, 11) is 0. The number of benzene rings is 1. The third kappa shape index (κ3) is 4.88. The predicted octanol–water partition coefficient (Wildman–Crippen LogP) is 2.21. The van der Waals surface area contributed by atoms with Gasteiger partial charge in [0.15, 0.2) is 0 Å². The van der Waals surface area contributed by atoms with Crippen LogP contribution in [0.2, 0.25) is 0 Å². The molecule has 0 spiro atoms. The zero-order valence-electron chi connectivity index (χ0n) is 11.6. The van der Waals surface area contributed by atoms with E-state index in [1.165, 1.54) is 11.1 Å². The first kappa shape index (κ1) is 14.7. The van der Waals surface area contributed by atoms with Gasteiger partial charge in [-0.2, -0.15) is 0 Å². The fourth-order valence-corrected chi connectivity index (χ4v) is 1.73. The second kappa shape index (κ2) is 7.17. The lowest BCUT2D eigenvalue weighted by molar-refractivity contribution is -0.121. The summed E-state index contributed by atoms with van der Waals surface area (Å²) in [5, 5.41) is 2.82. The SMILES string of the molecule is CC(C)c1ccc(CCCNC(=O)[C@H](C)N)cc1. The summed E-state index contributed by atoms with van der Waals surface area (Å²) in [6, 6.07) is 8.28. The maximum absolute atomic E-state index is 11.2. The first-order chi connectivity index (χ1) is 8.50. The van der Waals surface area contributed by atoms with E-state index in [1.807, 2.05) is 0 Å². The molecular formula is C15H24N2O. The largest absolute Gasteiger partial charge is 0.355 e. The van der Waals surface area contributed by atoms with Gasteiger partial charge in [0.2, 0.25) is 5.91 Å². The zero-order valence-corrected chi connectivity index (χ0v) is 11.6. The lowest BCUT2D eigenvalue weighted by Gasteiger charge is -2.09. The monoisotopic (exact) mass is 248 g/mol. The molecule has 0 fully saturated rings. The highest BCUT2D eigenvalue weighted by Crippen LogP contribution is 2.15. The van der Waals surface area contributed by atoms with Gasteiger partial charge in [-0.3, -0.25) is 4.79 Å². The average Bonchev–Trinajstić information content (AvgIpc) is 2.34. The highest BCUT2D eigenvalue weighted by Gasteiger charge is 2.05. The predicted molar refractivity (Wildman–Crippen MR) is 75.5 cm³/mol. The van der Waals surface area contributed by atoms with Gasteiger partial charge in [-0.1, -0.05) is 38.1 Å². The molecule has 3 nitrogen and oxygen atoms in total. The van der Waals surface area contributed by atoms with Crippen LogP contribution in [0, 0.1) is 0 Å². The molecule has 1 rings (SSSR count). The van der Waals surface area contributed by atoms with Crippen molar-refractivity contribution in [3.63, 3.8) is 0 Å². The summed E-state index contributed by atoms with van der Waals surface area (Å²) in [6.45, 7) is 6.77. The van der Waals surface area contributed by atoms with Gasteiger partial charge in [-0.15, -0.1) is 0 Å². The Bertz CT molecular complexity index is 369. The number of rotatable bonds is 6. The van der Waals surface area contributed by atoms with E-state index in [2.05, 4.69) is 43.4 Å².